The lowest BCUT2D eigenvalue weighted by Gasteiger charge is -2.05. The van der Waals surface area contributed by atoms with Gasteiger partial charge in [-0.25, -0.2) is 19.5 Å². The van der Waals surface area contributed by atoms with Crippen LogP contribution in [0.3, 0.4) is 0 Å². The number of fused-ring (bicyclic) bond motifs is 3. The summed E-state index contributed by atoms with van der Waals surface area (Å²) in [5.74, 6) is 1.32. The van der Waals surface area contributed by atoms with E-state index in [1.165, 1.54) is 0 Å². The molecule has 4 aromatic heterocycles. The normalized spacial score (nSPS) is 11.7. The molecule has 0 N–H and O–H groups in total. The van der Waals surface area contributed by atoms with Crippen molar-refractivity contribution in [2.75, 3.05) is 0 Å². The minimum absolute atomic E-state index is 0.128. The largest absolute Gasteiger partial charge is 0.387 e. The number of hydrogen-bond donors (Lipinski definition) is 0. The number of halogens is 1. The maximum Gasteiger partial charge on any atom is 0.192 e. The molecule has 8 nitrogen and oxygen atoms in total. The number of benzene rings is 1. The van der Waals surface area contributed by atoms with Crippen LogP contribution in [0.2, 0.25) is 5.02 Å². The van der Waals surface area contributed by atoms with Crippen LogP contribution < -0.4 is 0 Å². The van der Waals surface area contributed by atoms with Gasteiger partial charge in [-0.2, -0.15) is 0 Å². The lowest BCUT2D eigenvalue weighted by atomic mass is 10.2. The molecule has 0 unspecified atom stereocenters. The number of nitrogens with zero attached hydrogens (tertiary/aromatic N) is 7. The minimum Gasteiger partial charge on any atom is -0.387 e. The maximum absolute atomic E-state index is 6.11. The Morgan fingerprint density at radius 3 is 2.71 bits per heavy atom. The van der Waals surface area contributed by atoms with Crippen molar-refractivity contribution in [2.45, 2.75) is 20.5 Å². The van der Waals surface area contributed by atoms with Crippen molar-refractivity contribution >= 4 is 34.5 Å². The zero-order chi connectivity index (χ0) is 21.4. The third-order valence-electron chi connectivity index (χ3n) is 5.12. The molecule has 0 radical (unpaired) electrons. The summed E-state index contributed by atoms with van der Waals surface area (Å²) in [5.41, 5.74) is 4.42. The standard InChI is InChI=1S/C22H18ClN7O/c1-14-15(2)30(19-9-5-6-10-24-19)21-20(14)22-27-18(28-29(22)13-25-21)12-31-26-11-16-7-3-4-8-17(16)23/h3-11,13H,12H2,1-2H3. The Morgan fingerprint density at radius 1 is 1.06 bits per heavy atom. The van der Waals surface area contributed by atoms with E-state index in [1.54, 1.807) is 29.3 Å². The quantitative estimate of drug-likeness (QED) is 0.306. The lowest BCUT2D eigenvalue weighted by molar-refractivity contribution is 0.126. The Hall–Kier alpha value is -3.78. The lowest BCUT2D eigenvalue weighted by Crippen LogP contribution is -2.01. The molecule has 0 saturated heterocycles. The average Bonchev–Trinajstić information content (AvgIpc) is 3.31. The second-order valence-corrected chi connectivity index (χ2v) is 7.41. The van der Waals surface area contributed by atoms with Crippen LogP contribution in [0.1, 0.15) is 22.6 Å². The third-order valence-corrected chi connectivity index (χ3v) is 5.46. The molecule has 1 aromatic carbocycles. The Bertz CT molecular complexity index is 1420. The molecular weight excluding hydrogens is 414 g/mol. The number of oxime groups is 1. The zero-order valence-corrected chi connectivity index (χ0v) is 17.7. The molecule has 0 aliphatic rings. The number of aromatic nitrogens is 6. The predicted molar refractivity (Wildman–Crippen MR) is 119 cm³/mol. The summed E-state index contributed by atoms with van der Waals surface area (Å²) < 4.78 is 3.69. The van der Waals surface area contributed by atoms with Crippen LogP contribution in [0.15, 0.2) is 60.1 Å². The van der Waals surface area contributed by atoms with Crippen LogP contribution in [0.5, 0.6) is 0 Å². The first-order valence-electron chi connectivity index (χ1n) is 9.66. The minimum atomic E-state index is 0.128. The summed E-state index contributed by atoms with van der Waals surface area (Å²) in [6.07, 6.45) is 4.99. The van der Waals surface area contributed by atoms with Gasteiger partial charge in [0, 0.05) is 22.5 Å². The van der Waals surface area contributed by atoms with E-state index in [-0.39, 0.29) is 6.61 Å². The van der Waals surface area contributed by atoms with Crippen LogP contribution in [-0.4, -0.2) is 35.3 Å². The van der Waals surface area contributed by atoms with Gasteiger partial charge in [0.05, 0.1) is 11.6 Å². The molecule has 0 amide bonds. The molecule has 5 rings (SSSR count). The highest BCUT2D eigenvalue weighted by molar-refractivity contribution is 6.33. The first-order chi connectivity index (χ1) is 15.1. The van der Waals surface area contributed by atoms with E-state index in [2.05, 4.69) is 32.1 Å². The van der Waals surface area contributed by atoms with Gasteiger partial charge in [-0.1, -0.05) is 41.0 Å². The average molecular weight is 432 g/mol. The number of pyridine rings is 1. The molecule has 154 valence electrons. The van der Waals surface area contributed by atoms with E-state index in [9.17, 15) is 0 Å². The van der Waals surface area contributed by atoms with E-state index in [4.69, 9.17) is 16.4 Å². The van der Waals surface area contributed by atoms with Crippen LogP contribution >= 0.6 is 11.6 Å². The van der Waals surface area contributed by atoms with E-state index in [0.717, 1.165) is 33.7 Å². The second kappa shape index (κ2) is 7.81. The molecule has 0 aliphatic carbocycles. The van der Waals surface area contributed by atoms with Gasteiger partial charge in [0.25, 0.3) is 0 Å². The molecule has 0 saturated carbocycles. The Labute approximate surface area is 182 Å². The molecule has 31 heavy (non-hydrogen) atoms. The number of aryl methyl sites for hydroxylation is 1. The first-order valence-corrected chi connectivity index (χ1v) is 10.0. The maximum atomic E-state index is 6.11. The molecule has 0 spiro atoms. The topological polar surface area (TPSA) is 82.5 Å². The Balaban J connectivity index is 1.47. The molecule has 0 aliphatic heterocycles. The molecule has 5 aromatic rings. The Morgan fingerprint density at radius 2 is 1.90 bits per heavy atom. The fourth-order valence-electron chi connectivity index (χ4n) is 3.50. The van der Waals surface area contributed by atoms with Crippen molar-refractivity contribution in [1.82, 2.24) is 29.1 Å². The molecule has 4 heterocycles. The van der Waals surface area contributed by atoms with Gasteiger partial charge in [-0.3, -0.25) is 4.57 Å². The number of rotatable bonds is 5. The molecule has 9 heteroatoms. The molecular formula is C22H18ClN7O. The third kappa shape index (κ3) is 3.40. The van der Waals surface area contributed by atoms with Crippen molar-refractivity contribution < 1.29 is 4.84 Å². The highest BCUT2D eigenvalue weighted by Crippen LogP contribution is 2.29. The van der Waals surface area contributed by atoms with Gasteiger partial charge >= 0.3 is 0 Å². The van der Waals surface area contributed by atoms with Gasteiger partial charge in [-0.05, 0) is 37.6 Å². The van der Waals surface area contributed by atoms with Crippen molar-refractivity contribution in [1.29, 1.82) is 0 Å². The SMILES string of the molecule is Cc1c(C)n(-c2ccccn2)c2ncn3nc(CON=Cc4ccccc4Cl)nc3c12. The summed E-state index contributed by atoms with van der Waals surface area (Å²) in [6.45, 7) is 4.23. The van der Waals surface area contributed by atoms with Gasteiger partial charge in [0.2, 0.25) is 0 Å². The van der Waals surface area contributed by atoms with Crippen molar-refractivity contribution in [3.05, 3.63) is 82.7 Å². The van der Waals surface area contributed by atoms with Crippen LogP contribution in [0, 0.1) is 13.8 Å². The first kappa shape index (κ1) is 19.2. The summed E-state index contributed by atoms with van der Waals surface area (Å²) in [4.78, 5) is 19.1. The van der Waals surface area contributed by atoms with E-state index in [1.807, 2.05) is 47.9 Å². The number of hydrogen-bond acceptors (Lipinski definition) is 6. The van der Waals surface area contributed by atoms with Crippen LogP contribution in [-0.2, 0) is 11.4 Å². The predicted octanol–water partition coefficient (Wildman–Crippen LogP) is 4.28. The summed E-state index contributed by atoms with van der Waals surface area (Å²) >= 11 is 6.11. The monoisotopic (exact) mass is 431 g/mol. The van der Waals surface area contributed by atoms with Gasteiger partial charge in [-0.15, -0.1) is 5.10 Å². The zero-order valence-electron chi connectivity index (χ0n) is 16.9. The second-order valence-electron chi connectivity index (χ2n) is 7.00. The van der Waals surface area contributed by atoms with Crippen molar-refractivity contribution in [3.8, 4) is 5.82 Å². The summed E-state index contributed by atoms with van der Waals surface area (Å²) in [7, 11) is 0. The van der Waals surface area contributed by atoms with Crippen LogP contribution in [0.4, 0.5) is 0 Å². The molecule has 0 fully saturated rings. The van der Waals surface area contributed by atoms with Gasteiger partial charge in [0.15, 0.2) is 23.7 Å². The van der Waals surface area contributed by atoms with Gasteiger partial charge < -0.3 is 4.84 Å². The van der Waals surface area contributed by atoms with E-state index in [0.29, 0.717) is 16.5 Å². The van der Waals surface area contributed by atoms with Crippen LogP contribution in [0.25, 0.3) is 22.5 Å². The van der Waals surface area contributed by atoms with E-state index >= 15 is 0 Å². The molecule has 0 bridgehead atoms. The summed E-state index contributed by atoms with van der Waals surface area (Å²) in [5, 5.41) is 9.99. The fraction of sp³-hybridized carbons (Fsp3) is 0.136. The molecule has 0 atom stereocenters. The summed E-state index contributed by atoms with van der Waals surface area (Å²) in [6, 6.07) is 13.2. The highest BCUT2D eigenvalue weighted by Gasteiger charge is 2.19. The van der Waals surface area contributed by atoms with Crippen molar-refractivity contribution in [2.24, 2.45) is 5.16 Å². The Kier molecular flexibility index (Phi) is 4.83. The fourth-order valence-corrected chi connectivity index (χ4v) is 3.69. The van der Waals surface area contributed by atoms with E-state index < -0.39 is 0 Å². The highest BCUT2D eigenvalue weighted by atomic mass is 35.5. The van der Waals surface area contributed by atoms with Crippen molar-refractivity contribution in [3.63, 3.8) is 0 Å². The van der Waals surface area contributed by atoms with Gasteiger partial charge in [0.1, 0.15) is 12.1 Å². The smallest absolute Gasteiger partial charge is 0.192 e.